The Labute approximate surface area is 177 Å². The summed E-state index contributed by atoms with van der Waals surface area (Å²) in [5.74, 6) is 0.253. The number of anilines is 2. The zero-order valence-electron chi connectivity index (χ0n) is 18.1. The van der Waals surface area contributed by atoms with Crippen LogP contribution in [0.4, 0.5) is 16.2 Å². The topological polar surface area (TPSA) is 97.8 Å². The van der Waals surface area contributed by atoms with Crippen LogP contribution in [-0.4, -0.2) is 60.7 Å². The second kappa shape index (κ2) is 8.99. The molecule has 8 heteroatoms. The number of carbonyl (C=O) groups is 1. The maximum atomic E-state index is 13.2. The Kier molecular flexibility index (Phi) is 6.60. The largest absolute Gasteiger partial charge is 0.624 e. The number of hydrogen-bond donors (Lipinski definition) is 2. The zero-order chi connectivity index (χ0) is 21.9. The lowest BCUT2D eigenvalue weighted by molar-refractivity contribution is -0.797. The Hall–Kier alpha value is -2.68. The molecule has 1 fully saturated rings. The van der Waals surface area contributed by atoms with E-state index in [4.69, 9.17) is 4.74 Å². The van der Waals surface area contributed by atoms with Crippen LogP contribution >= 0.6 is 0 Å². The first-order valence-electron chi connectivity index (χ1n) is 10.1. The van der Waals surface area contributed by atoms with Gasteiger partial charge in [-0.05, 0) is 62.1 Å². The Balaban J connectivity index is 1.72. The third kappa shape index (κ3) is 4.72. The number of aliphatic hydroxyl groups excluding tert-OH is 1. The van der Waals surface area contributed by atoms with E-state index >= 15 is 0 Å². The second-order valence-electron chi connectivity index (χ2n) is 7.86. The Bertz CT molecular complexity index is 903. The number of aryl methyl sites for hydroxylation is 3. The summed E-state index contributed by atoms with van der Waals surface area (Å²) in [5, 5.41) is 25.2. The van der Waals surface area contributed by atoms with Crippen LogP contribution in [0.1, 0.15) is 22.4 Å². The standard InChI is InChI=1S/C22H30N4O4/c1-15-11-16(2)13-19(12-15)25-6-8-26(29,9-7-25)22(28)24-20-14-18(5-10-27)17(3)23-21(20)30-4/h11-14,27H,5-10H2,1-4H3,(H,24,28). The number of nitrogens with one attached hydrogen (secondary N) is 1. The minimum absolute atomic E-state index is 0.0297. The quantitative estimate of drug-likeness (QED) is 0.577. The number of rotatable bonds is 5. The molecular formula is C22H30N4O4. The summed E-state index contributed by atoms with van der Waals surface area (Å²) in [7, 11) is 1.47. The number of methoxy groups -OCH3 is 1. The number of pyridine rings is 1. The van der Waals surface area contributed by atoms with Gasteiger partial charge in [-0.2, -0.15) is 0 Å². The summed E-state index contributed by atoms with van der Waals surface area (Å²) in [4.78, 5) is 19.3. The molecule has 0 radical (unpaired) electrons. The summed E-state index contributed by atoms with van der Waals surface area (Å²) in [5.41, 5.74) is 5.29. The Morgan fingerprint density at radius 1 is 1.20 bits per heavy atom. The molecular weight excluding hydrogens is 384 g/mol. The number of urea groups is 1. The first kappa shape index (κ1) is 22.0. The van der Waals surface area contributed by atoms with Gasteiger partial charge in [0.25, 0.3) is 0 Å². The van der Waals surface area contributed by atoms with Crippen molar-refractivity contribution in [3.63, 3.8) is 0 Å². The number of ether oxygens (including phenoxy) is 1. The highest BCUT2D eigenvalue weighted by Gasteiger charge is 2.34. The molecule has 0 spiro atoms. The van der Waals surface area contributed by atoms with Crippen molar-refractivity contribution in [1.29, 1.82) is 0 Å². The van der Waals surface area contributed by atoms with Crippen LogP contribution in [0.2, 0.25) is 0 Å². The molecule has 30 heavy (non-hydrogen) atoms. The molecule has 1 saturated heterocycles. The van der Waals surface area contributed by atoms with E-state index < -0.39 is 10.7 Å². The van der Waals surface area contributed by atoms with Gasteiger partial charge in [0.1, 0.15) is 18.8 Å². The summed E-state index contributed by atoms with van der Waals surface area (Å²) in [6, 6.07) is 7.40. The van der Waals surface area contributed by atoms with Crippen molar-refractivity contribution < 1.29 is 19.3 Å². The molecule has 0 unspecified atom stereocenters. The van der Waals surface area contributed by atoms with Gasteiger partial charge in [0.05, 0.1) is 20.2 Å². The third-order valence-electron chi connectivity index (χ3n) is 5.50. The van der Waals surface area contributed by atoms with Crippen LogP contribution in [0.15, 0.2) is 24.3 Å². The van der Waals surface area contributed by atoms with Crippen LogP contribution < -0.4 is 15.0 Å². The fourth-order valence-electron chi connectivity index (χ4n) is 3.84. The molecule has 2 amide bonds. The number of hydroxylamine groups is 3. The molecule has 8 nitrogen and oxygen atoms in total. The van der Waals surface area contributed by atoms with E-state index in [2.05, 4.69) is 47.2 Å². The first-order valence-corrected chi connectivity index (χ1v) is 10.1. The summed E-state index contributed by atoms with van der Waals surface area (Å²) >= 11 is 0. The number of aliphatic hydroxyl groups is 1. The average Bonchev–Trinajstić information content (AvgIpc) is 2.70. The molecule has 0 saturated carbocycles. The number of aromatic nitrogens is 1. The number of quaternary nitrogens is 1. The molecule has 162 valence electrons. The fraction of sp³-hybridized carbons (Fsp3) is 0.455. The minimum atomic E-state index is -0.951. The molecule has 0 bridgehead atoms. The van der Waals surface area contributed by atoms with E-state index in [0.29, 0.717) is 30.9 Å². The molecule has 3 rings (SSSR count). The van der Waals surface area contributed by atoms with Crippen molar-refractivity contribution in [3.05, 3.63) is 51.9 Å². The summed E-state index contributed by atoms with van der Waals surface area (Å²) in [6.45, 7) is 7.20. The highest BCUT2D eigenvalue weighted by atomic mass is 16.6. The van der Waals surface area contributed by atoms with Gasteiger partial charge < -0.3 is 20.0 Å². The van der Waals surface area contributed by atoms with Gasteiger partial charge in [0, 0.05) is 18.0 Å². The van der Waals surface area contributed by atoms with Crippen molar-refractivity contribution in [1.82, 2.24) is 4.98 Å². The van der Waals surface area contributed by atoms with E-state index in [1.165, 1.54) is 18.2 Å². The van der Waals surface area contributed by atoms with E-state index in [1.54, 1.807) is 6.07 Å². The molecule has 2 aromatic rings. The average molecular weight is 415 g/mol. The van der Waals surface area contributed by atoms with Gasteiger partial charge in [0.2, 0.25) is 5.88 Å². The van der Waals surface area contributed by atoms with Crippen LogP contribution in [-0.2, 0) is 6.42 Å². The monoisotopic (exact) mass is 414 g/mol. The van der Waals surface area contributed by atoms with Crippen LogP contribution in [0.25, 0.3) is 0 Å². The van der Waals surface area contributed by atoms with Gasteiger partial charge in [-0.1, -0.05) is 6.07 Å². The number of benzene rings is 1. The van der Waals surface area contributed by atoms with Gasteiger partial charge in [-0.15, -0.1) is 0 Å². The number of nitrogens with zero attached hydrogens (tertiary/aromatic N) is 3. The SMILES string of the molecule is COc1nc(C)c(CCO)cc1NC(=O)[N+]1([O-])CCN(c2cc(C)cc(C)c2)CC1. The first-order chi connectivity index (χ1) is 14.3. The molecule has 1 aliphatic rings. The van der Waals surface area contributed by atoms with E-state index in [1.807, 2.05) is 6.92 Å². The van der Waals surface area contributed by atoms with Gasteiger partial charge in [0.15, 0.2) is 0 Å². The second-order valence-corrected chi connectivity index (χ2v) is 7.86. The molecule has 2 heterocycles. The molecule has 0 aliphatic carbocycles. The van der Waals surface area contributed by atoms with E-state index in [-0.39, 0.29) is 25.6 Å². The molecule has 1 aromatic heterocycles. The van der Waals surface area contributed by atoms with E-state index in [0.717, 1.165) is 11.3 Å². The third-order valence-corrected chi connectivity index (χ3v) is 5.50. The Morgan fingerprint density at radius 3 is 2.40 bits per heavy atom. The highest BCUT2D eigenvalue weighted by Crippen LogP contribution is 2.28. The number of amides is 2. The summed E-state index contributed by atoms with van der Waals surface area (Å²) in [6.07, 6.45) is 0.411. The normalized spacial score (nSPS) is 15.7. The molecule has 0 atom stereocenters. The summed E-state index contributed by atoms with van der Waals surface area (Å²) < 4.78 is 4.32. The van der Waals surface area contributed by atoms with Crippen molar-refractivity contribution in [3.8, 4) is 5.88 Å². The maximum absolute atomic E-state index is 13.2. The molecule has 1 aliphatic heterocycles. The zero-order valence-corrected chi connectivity index (χ0v) is 18.1. The van der Waals surface area contributed by atoms with Crippen molar-refractivity contribution in [2.75, 3.05) is 50.1 Å². The lowest BCUT2D eigenvalue weighted by atomic mass is 10.1. The van der Waals surface area contributed by atoms with Gasteiger partial charge in [-0.3, -0.25) is 9.96 Å². The van der Waals surface area contributed by atoms with Gasteiger partial charge >= 0.3 is 6.03 Å². The fourth-order valence-corrected chi connectivity index (χ4v) is 3.84. The molecule has 1 aromatic carbocycles. The van der Waals surface area contributed by atoms with Crippen molar-refractivity contribution in [2.24, 2.45) is 0 Å². The van der Waals surface area contributed by atoms with Gasteiger partial charge in [-0.25, -0.2) is 9.78 Å². The predicted octanol–water partition coefficient (Wildman–Crippen LogP) is 2.92. The maximum Gasteiger partial charge on any atom is 0.421 e. The van der Waals surface area contributed by atoms with E-state index in [9.17, 15) is 15.1 Å². The smallest absolute Gasteiger partial charge is 0.421 e. The van der Waals surface area contributed by atoms with Crippen molar-refractivity contribution >= 4 is 17.4 Å². The molecule has 2 N–H and O–H groups in total. The van der Waals surface area contributed by atoms with Crippen LogP contribution in [0.3, 0.4) is 0 Å². The Morgan fingerprint density at radius 2 is 1.83 bits per heavy atom. The van der Waals surface area contributed by atoms with Crippen LogP contribution in [0, 0.1) is 26.0 Å². The lowest BCUT2D eigenvalue weighted by Gasteiger charge is -2.45. The van der Waals surface area contributed by atoms with Crippen molar-refractivity contribution in [2.45, 2.75) is 27.2 Å². The van der Waals surface area contributed by atoms with Crippen LogP contribution in [0.5, 0.6) is 5.88 Å². The lowest BCUT2D eigenvalue weighted by Crippen LogP contribution is -2.60. The predicted molar refractivity (Wildman–Crippen MR) is 117 cm³/mol. The highest BCUT2D eigenvalue weighted by molar-refractivity contribution is 5.86. The number of hydrogen-bond acceptors (Lipinski definition) is 6. The minimum Gasteiger partial charge on any atom is -0.624 e. The number of piperazine rings is 1. The number of carbonyl (C=O) groups excluding carboxylic acids is 1.